The molecule has 3 nitrogen and oxygen atoms in total. The van der Waals surface area contributed by atoms with Crippen LogP contribution in [-0.2, 0) is 4.74 Å². The van der Waals surface area contributed by atoms with Gasteiger partial charge in [-0.1, -0.05) is 26.2 Å². The quantitative estimate of drug-likeness (QED) is 0.691. The first-order valence-corrected chi connectivity index (χ1v) is 6.73. The number of nitrogens with zero attached hydrogens (tertiary/aromatic N) is 1. The van der Waals surface area contributed by atoms with Crippen molar-refractivity contribution in [2.24, 2.45) is 11.8 Å². The highest BCUT2D eigenvalue weighted by molar-refractivity contribution is 5.68. The predicted molar refractivity (Wildman–Crippen MR) is 63.3 cm³/mol. The van der Waals surface area contributed by atoms with Crippen LogP contribution >= 0.6 is 0 Å². The topological polar surface area (TPSA) is 29.5 Å². The minimum Gasteiger partial charge on any atom is -0.449 e. The zero-order valence-corrected chi connectivity index (χ0v) is 10.3. The van der Waals surface area contributed by atoms with Crippen molar-refractivity contribution in [3.8, 4) is 0 Å². The molecule has 16 heavy (non-hydrogen) atoms. The lowest BCUT2D eigenvalue weighted by Crippen LogP contribution is -2.29. The minimum atomic E-state index is -0.0807. The molecule has 92 valence electrons. The number of carbonyl (C=O) groups is 1. The Morgan fingerprint density at radius 3 is 2.44 bits per heavy atom. The Morgan fingerprint density at radius 1 is 1.25 bits per heavy atom. The van der Waals surface area contributed by atoms with Gasteiger partial charge >= 0.3 is 6.09 Å². The molecule has 2 unspecified atom stereocenters. The fourth-order valence-corrected chi connectivity index (χ4v) is 2.95. The number of hydrogen-bond acceptors (Lipinski definition) is 2. The molecular weight excluding hydrogens is 202 g/mol. The highest BCUT2D eigenvalue weighted by atomic mass is 16.6. The third-order valence-corrected chi connectivity index (χ3v) is 3.96. The molecule has 1 saturated heterocycles. The number of amides is 1. The van der Waals surface area contributed by atoms with Crippen molar-refractivity contribution >= 4 is 6.09 Å². The summed E-state index contributed by atoms with van der Waals surface area (Å²) in [6.45, 7) is 4.57. The van der Waals surface area contributed by atoms with Crippen LogP contribution in [0, 0.1) is 11.8 Å². The molecule has 1 aliphatic heterocycles. The van der Waals surface area contributed by atoms with Gasteiger partial charge in [0.2, 0.25) is 0 Å². The summed E-state index contributed by atoms with van der Waals surface area (Å²) >= 11 is 0. The lowest BCUT2D eigenvalue weighted by Gasteiger charge is -2.22. The molecule has 3 heteroatoms. The molecule has 1 heterocycles. The molecule has 2 aliphatic rings. The summed E-state index contributed by atoms with van der Waals surface area (Å²) in [5.41, 5.74) is 0. The van der Waals surface area contributed by atoms with Crippen LogP contribution in [0.2, 0.25) is 0 Å². The van der Waals surface area contributed by atoms with Gasteiger partial charge in [0.15, 0.2) is 0 Å². The summed E-state index contributed by atoms with van der Waals surface area (Å²) in [6.07, 6.45) is 7.29. The fraction of sp³-hybridized carbons (Fsp3) is 0.923. The smallest absolute Gasteiger partial charge is 0.409 e. The second kappa shape index (κ2) is 5.55. The summed E-state index contributed by atoms with van der Waals surface area (Å²) < 4.78 is 5.26. The molecule has 0 bridgehead atoms. The van der Waals surface area contributed by atoms with E-state index in [0.29, 0.717) is 6.61 Å². The van der Waals surface area contributed by atoms with Crippen LogP contribution in [0.5, 0.6) is 0 Å². The highest BCUT2D eigenvalue weighted by Crippen LogP contribution is 2.36. The average Bonchev–Trinajstić information content (AvgIpc) is 2.73. The second-order valence-electron chi connectivity index (χ2n) is 5.18. The molecule has 0 spiro atoms. The maximum atomic E-state index is 11.8. The molecule has 0 N–H and O–H groups in total. The summed E-state index contributed by atoms with van der Waals surface area (Å²) in [5, 5.41) is 0. The van der Waals surface area contributed by atoms with Gasteiger partial charge < -0.3 is 9.64 Å². The lowest BCUT2D eigenvalue weighted by molar-refractivity contribution is 0.107. The Bertz CT molecular complexity index is 228. The molecule has 0 aromatic carbocycles. The molecule has 2 atom stereocenters. The molecule has 1 saturated carbocycles. The zero-order chi connectivity index (χ0) is 11.4. The van der Waals surface area contributed by atoms with Gasteiger partial charge in [-0.15, -0.1) is 0 Å². The monoisotopic (exact) mass is 225 g/mol. The zero-order valence-electron chi connectivity index (χ0n) is 10.3. The van der Waals surface area contributed by atoms with E-state index >= 15 is 0 Å². The third-order valence-electron chi connectivity index (χ3n) is 3.96. The van der Waals surface area contributed by atoms with E-state index in [-0.39, 0.29) is 6.09 Å². The van der Waals surface area contributed by atoms with Crippen molar-refractivity contribution in [3.63, 3.8) is 0 Å². The van der Waals surface area contributed by atoms with E-state index in [4.69, 9.17) is 4.74 Å². The molecule has 2 rings (SSSR count). The average molecular weight is 225 g/mol. The maximum absolute atomic E-state index is 11.8. The van der Waals surface area contributed by atoms with E-state index in [1.165, 1.54) is 25.7 Å². The SMILES string of the molecule is CCCCOC(=O)N1CC2CCCCC2C1. The number of likely N-dealkylation sites (tertiary alicyclic amines) is 1. The molecule has 0 aromatic heterocycles. The van der Waals surface area contributed by atoms with Gasteiger partial charge in [0.1, 0.15) is 0 Å². The summed E-state index contributed by atoms with van der Waals surface area (Å²) in [6, 6.07) is 0. The largest absolute Gasteiger partial charge is 0.449 e. The van der Waals surface area contributed by atoms with Crippen LogP contribution in [0.4, 0.5) is 4.79 Å². The van der Waals surface area contributed by atoms with Gasteiger partial charge in [-0.05, 0) is 31.1 Å². The normalized spacial score (nSPS) is 28.9. The number of unbranched alkanes of at least 4 members (excludes halogenated alkanes) is 1. The molecule has 0 aromatic rings. The van der Waals surface area contributed by atoms with E-state index in [1.54, 1.807) is 0 Å². The summed E-state index contributed by atoms with van der Waals surface area (Å²) in [4.78, 5) is 13.7. The van der Waals surface area contributed by atoms with Crippen molar-refractivity contribution in [3.05, 3.63) is 0 Å². The standard InChI is InChI=1S/C13H23NO2/c1-2-3-8-16-13(15)14-9-11-6-4-5-7-12(11)10-14/h11-12H,2-10H2,1H3. The fourth-order valence-electron chi connectivity index (χ4n) is 2.95. The predicted octanol–water partition coefficient (Wildman–Crippen LogP) is 3.05. The summed E-state index contributed by atoms with van der Waals surface area (Å²) in [5.74, 6) is 1.51. The number of hydrogen-bond donors (Lipinski definition) is 0. The number of ether oxygens (including phenoxy) is 1. The Balaban J connectivity index is 1.76. The molecule has 0 radical (unpaired) electrons. The van der Waals surface area contributed by atoms with Crippen molar-refractivity contribution in [2.75, 3.05) is 19.7 Å². The van der Waals surface area contributed by atoms with Crippen LogP contribution in [0.25, 0.3) is 0 Å². The van der Waals surface area contributed by atoms with Crippen LogP contribution in [-0.4, -0.2) is 30.7 Å². The number of carbonyl (C=O) groups excluding carboxylic acids is 1. The van der Waals surface area contributed by atoms with E-state index in [9.17, 15) is 4.79 Å². The van der Waals surface area contributed by atoms with Crippen LogP contribution in [0.15, 0.2) is 0 Å². The molecular formula is C13H23NO2. The van der Waals surface area contributed by atoms with Crippen LogP contribution in [0.3, 0.4) is 0 Å². The first-order valence-electron chi connectivity index (χ1n) is 6.73. The van der Waals surface area contributed by atoms with Gasteiger partial charge in [-0.25, -0.2) is 4.79 Å². The molecule has 2 fully saturated rings. The van der Waals surface area contributed by atoms with Gasteiger partial charge in [-0.2, -0.15) is 0 Å². The van der Waals surface area contributed by atoms with E-state index in [1.807, 2.05) is 4.90 Å². The van der Waals surface area contributed by atoms with Crippen molar-refractivity contribution in [1.82, 2.24) is 4.90 Å². The second-order valence-corrected chi connectivity index (χ2v) is 5.18. The highest BCUT2D eigenvalue weighted by Gasteiger charge is 2.36. The summed E-state index contributed by atoms with van der Waals surface area (Å²) in [7, 11) is 0. The van der Waals surface area contributed by atoms with Gasteiger partial charge in [0.05, 0.1) is 6.61 Å². The van der Waals surface area contributed by atoms with Crippen molar-refractivity contribution in [1.29, 1.82) is 0 Å². The Morgan fingerprint density at radius 2 is 1.88 bits per heavy atom. The number of rotatable bonds is 3. The van der Waals surface area contributed by atoms with Crippen LogP contribution in [0.1, 0.15) is 45.4 Å². The first-order chi connectivity index (χ1) is 7.81. The Labute approximate surface area is 98.1 Å². The van der Waals surface area contributed by atoms with E-state index in [2.05, 4.69) is 6.92 Å². The lowest BCUT2D eigenvalue weighted by atomic mass is 9.82. The van der Waals surface area contributed by atoms with Gasteiger partial charge in [0, 0.05) is 13.1 Å². The van der Waals surface area contributed by atoms with Gasteiger partial charge in [-0.3, -0.25) is 0 Å². The third kappa shape index (κ3) is 2.69. The van der Waals surface area contributed by atoms with Crippen LogP contribution < -0.4 is 0 Å². The molecule has 1 aliphatic carbocycles. The van der Waals surface area contributed by atoms with E-state index < -0.39 is 0 Å². The molecule has 1 amide bonds. The Hall–Kier alpha value is -0.730. The van der Waals surface area contributed by atoms with Crippen molar-refractivity contribution < 1.29 is 9.53 Å². The van der Waals surface area contributed by atoms with Gasteiger partial charge in [0.25, 0.3) is 0 Å². The van der Waals surface area contributed by atoms with E-state index in [0.717, 1.165) is 37.8 Å². The minimum absolute atomic E-state index is 0.0807. The maximum Gasteiger partial charge on any atom is 0.409 e. The number of fused-ring (bicyclic) bond motifs is 1. The van der Waals surface area contributed by atoms with Crippen molar-refractivity contribution in [2.45, 2.75) is 45.4 Å². The first kappa shape index (κ1) is 11.7. The Kier molecular flexibility index (Phi) is 4.08.